The fourth-order valence-corrected chi connectivity index (χ4v) is 1.45. The highest BCUT2D eigenvalue weighted by Gasteiger charge is 2.05. The Morgan fingerprint density at radius 2 is 2.08 bits per heavy atom. The van der Waals surface area contributed by atoms with E-state index in [4.69, 9.17) is 5.11 Å². The van der Waals surface area contributed by atoms with E-state index in [2.05, 4.69) is 32.0 Å². The summed E-state index contributed by atoms with van der Waals surface area (Å²) in [6.45, 7) is 6.38. The molecule has 0 heterocycles. The van der Waals surface area contributed by atoms with Gasteiger partial charge in [-0.15, -0.1) is 0 Å². The first-order valence-electron chi connectivity index (χ1n) is 4.72. The SMILES string of the molecule is CCc1ccc([C](C)CO)cc1C. The molecule has 1 heteroatoms. The van der Waals surface area contributed by atoms with Crippen molar-refractivity contribution in [1.82, 2.24) is 0 Å². The minimum Gasteiger partial charge on any atom is -0.395 e. The first-order valence-corrected chi connectivity index (χ1v) is 4.72. The molecule has 0 atom stereocenters. The maximum absolute atomic E-state index is 8.97. The second-order valence-corrected chi connectivity index (χ2v) is 3.43. The average Bonchev–Trinajstić information content (AvgIpc) is 2.16. The van der Waals surface area contributed by atoms with E-state index in [0.29, 0.717) is 0 Å². The lowest BCUT2D eigenvalue weighted by atomic mass is 9.96. The molecule has 0 aliphatic heterocycles. The third-order valence-electron chi connectivity index (χ3n) is 2.45. The van der Waals surface area contributed by atoms with Gasteiger partial charge in [0.15, 0.2) is 0 Å². The van der Waals surface area contributed by atoms with E-state index in [0.717, 1.165) is 17.9 Å². The Hall–Kier alpha value is -0.820. The van der Waals surface area contributed by atoms with E-state index in [1.807, 2.05) is 6.92 Å². The van der Waals surface area contributed by atoms with Gasteiger partial charge in [-0.1, -0.05) is 32.0 Å². The van der Waals surface area contributed by atoms with E-state index in [-0.39, 0.29) is 6.61 Å². The zero-order valence-corrected chi connectivity index (χ0v) is 8.59. The van der Waals surface area contributed by atoms with Gasteiger partial charge in [-0.2, -0.15) is 0 Å². The van der Waals surface area contributed by atoms with Crippen molar-refractivity contribution >= 4 is 0 Å². The number of aryl methyl sites for hydroxylation is 2. The summed E-state index contributed by atoms with van der Waals surface area (Å²) in [6.07, 6.45) is 1.07. The van der Waals surface area contributed by atoms with Crippen LogP contribution in [0.1, 0.15) is 30.5 Å². The minimum absolute atomic E-state index is 0.144. The Kier molecular flexibility index (Phi) is 3.49. The quantitative estimate of drug-likeness (QED) is 0.752. The molecule has 0 unspecified atom stereocenters. The Bertz CT molecular complexity index is 278. The molecule has 1 nitrogen and oxygen atoms in total. The highest BCUT2D eigenvalue weighted by molar-refractivity contribution is 5.37. The maximum atomic E-state index is 8.97. The van der Waals surface area contributed by atoms with Gasteiger partial charge in [0.2, 0.25) is 0 Å². The predicted octanol–water partition coefficient (Wildman–Crippen LogP) is 2.49. The number of benzene rings is 1. The van der Waals surface area contributed by atoms with Gasteiger partial charge >= 0.3 is 0 Å². The Labute approximate surface area is 80.4 Å². The molecular formula is C12H17O. The standard InChI is InChI=1S/C12H17O/c1-4-11-5-6-12(7-9(11)2)10(3)8-13/h5-7,13H,4,8H2,1-3H3. The van der Waals surface area contributed by atoms with Gasteiger partial charge in [-0.25, -0.2) is 0 Å². The summed E-state index contributed by atoms with van der Waals surface area (Å²) < 4.78 is 0. The largest absolute Gasteiger partial charge is 0.395 e. The van der Waals surface area contributed by atoms with Crippen molar-refractivity contribution in [3.05, 3.63) is 40.8 Å². The van der Waals surface area contributed by atoms with Crippen LogP contribution in [0.3, 0.4) is 0 Å². The molecule has 1 radical (unpaired) electrons. The van der Waals surface area contributed by atoms with Gasteiger partial charge in [-0.05, 0) is 30.0 Å². The van der Waals surface area contributed by atoms with E-state index >= 15 is 0 Å². The van der Waals surface area contributed by atoms with Crippen LogP contribution in [0, 0.1) is 12.8 Å². The molecule has 1 N–H and O–H groups in total. The van der Waals surface area contributed by atoms with Gasteiger partial charge < -0.3 is 5.11 Å². The minimum atomic E-state index is 0.144. The van der Waals surface area contributed by atoms with E-state index < -0.39 is 0 Å². The summed E-state index contributed by atoms with van der Waals surface area (Å²) in [4.78, 5) is 0. The van der Waals surface area contributed by atoms with Crippen LogP contribution in [-0.2, 0) is 6.42 Å². The number of hydrogen-bond acceptors (Lipinski definition) is 1. The average molecular weight is 177 g/mol. The van der Waals surface area contributed by atoms with E-state index in [1.165, 1.54) is 11.1 Å². The van der Waals surface area contributed by atoms with Crippen molar-refractivity contribution < 1.29 is 5.11 Å². The molecule has 0 spiro atoms. The molecule has 13 heavy (non-hydrogen) atoms. The lowest BCUT2D eigenvalue weighted by Crippen LogP contribution is -2.01. The molecule has 0 bridgehead atoms. The molecule has 1 aromatic carbocycles. The first kappa shape index (κ1) is 10.3. The van der Waals surface area contributed by atoms with Crippen molar-refractivity contribution in [2.24, 2.45) is 0 Å². The molecule has 0 aliphatic carbocycles. The summed E-state index contributed by atoms with van der Waals surface area (Å²) in [6, 6.07) is 6.37. The number of aliphatic hydroxyl groups is 1. The number of hydrogen-bond donors (Lipinski definition) is 1. The molecule has 0 amide bonds. The zero-order valence-electron chi connectivity index (χ0n) is 8.59. The van der Waals surface area contributed by atoms with Crippen molar-refractivity contribution in [1.29, 1.82) is 0 Å². The molecule has 1 aromatic rings. The van der Waals surface area contributed by atoms with Crippen molar-refractivity contribution in [2.75, 3.05) is 6.61 Å². The molecule has 0 fully saturated rings. The second kappa shape index (κ2) is 4.43. The van der Waals surface area contributed by atoms with Crippen molar-refractivity contribution in [3.63, 3.8) is 0 Å². The summed E-state index contributed by atoms with van der Waals surface area (Å²) in [5, 5.41) is 8.97. The fourth-order valence-electron chi connectivity index (χ4n) is 1.45. The van der Waals surface area contributed by atoms with E-state index in [9.17, 15) is 0 Å². The number of rotatable bonds is 3. The molecule has 0 aromatic heterocycles. The molecule has 0 saturated heterocycles. The van der Waals surface area contributed by atoms with Crippen LogP contribution in [0.25, 0.3) is 0 Å². The normalized spacial score (nSPS) is 10.8. The molecule has 1 rings (SSSR count). The molecule has 71 valence electrons. The Morgan fingerprint density at radius 1 is 1.38 bits per heavy atom. The fraction of sp³-hybridized carbons (Fsp3) is 0.417. The number of aliphatic hydroxyl groups excluding tert-OH is 1. The summed E-state index contributed by atoms with van der Waals surface area (Å²) in [5.74, 6) is 1.03. The van der Waals surface area contributed by atoms with E-state index in [1.54, 1.807) is 0 Å². The van der Waals surface area contributed by atoms with Crippen LogP contribution in [-0.4, -0.2) is 11.7 Å². The van der Waals surface area contributed by atoms with Crippen LogP contribution >= 0.6 is 0 Å². The summed E-state index contributed by atoms with van der Waals surface area (Å²) in [7, 11) is 0. The topological polar surface area (TPSA) is 20.2 Å². The highest BCUT2D eigenvalue weighted by atomic mass is 16.3. The van der Waals surface area contributed by atoms with Gasteiger partial charge in [0.05, 0.1) is 6.61 Å². The zero-order chi connectivity index (χ0) is 9.84. The lowest BCUT2D eigenvalue weighted by molar-refractivity contribution is 0.315. The Balaban J connectivity index is 2.95. The molecule has 0 saturated carbocycles. The molecule has 0 aliphatic rings. The second-order valence-electron chi connectivity index (χ2n) is 3.43. The van der Waals surface area contributed by atoms with Crippen LogP contribution in [0.15, 0.2) is 18.2 Å². The summed E-state index contributed by atoms with van der Waals surface area (Å²) in [5.41, 5.74) is 3.85. The van der Waals surface area contributed by atoms with Crippen LogP contribution in [0.4, 0.5) is 0 Å². The lowest BCUT2D eigenvalue weighted by Gasteiger charge is -2.10. The monoisotopic (exact) mass is 177 g/mol. The third-order valence-corrected chi connectivity index (χ3v) is 2.45. The highest BCUT2D eigenvalue weighted by Crippen LogP contribution is 2.18. The van der Waals surface area contributed by atoms with Crippen LogP contribution in [0.2, 0.25) is 0 Å². The third kappa shape index (κ3) is 2.31. The van der Waals surface area contributed by atoms with Crippen molar-refractivity contribution in [3.8, 4) is 0 Å². The smallest absolute Gasteiger partial charge is 0.0534 e. The van der Waals surface area contributed by atoms with Gasteiger partial charge in [0, 0.05) is 5.92 Å². The molecular weight excluding hydrogens is 160 g/mol. The maximum Gasteiger partial charge on any atom is 0.0534 e. The first-order chi connectivity index (χ1) is 6.19. The predicted molar refractivity (Wildman–Crippen MR) is 55.7 cm³/mol. The Morgan fingerprint density at radius 3 is 2.54 bits per heavy atom. The van der Waals surface area contributed by atoms with Gasteiger partial charge in [-0.3, -0.25) is 0 Å². The van der Waals surface area contributed by atoms with Crippen LogP contribution < -0.4 is 0 Å². The van der Waals surface area contributed by atoms with Crippen molar-refractivity contribution in [2.45, 2.75) is 27.2 Å². The summed E-state index contributed by atoms with van der Waals surface area (Å²) >= 11 is 0. The van der Waals surface area contributed by atoms with Gasteiger partial charge in [0.25, 0.3) is 0 Å². The van der Waals surface area contributed by atoms with Gasteiger partial charge in [0.1, 0.15) is 0 Å². The van der Waals surface area contributed by atoms with Crippen LogP contribution in [0.5, 0.6) is 0 Å².